The van der Waals surface area contributed by atoms with Crippen LogP contribution >= 0.6 is 11.6 Å². The third-order valence-electron chi connectivity index (χ3n) is 3.35. The van der Waals surface area contributed by atoms with Crippen molar-refractivity contribution < 1.29 is 0 Å². The minimum atomic E-state index is 0.116. The second kappa shape index (κ2) is 4.18. The van der Waals surface area contributed by atoms with Crippen molar-refractivity contribution in [3.8, 4) is 0 Å². The second-order valence-corrected chi connectivity index (χ2v) is 5.01. The molecule has 2 atom stereocenters. The summed E-state index contributed by atoms with van der Waals surface area (Å²) in [6.45, 7) is 0. The zero-order valence-electron chi connectivity index (χ0n) is 10.0. The minimum Gasteiger partial charge on any atom is -0.399 e. The molecule has 1 aromatic rings. The minimum absolute atomic E-state index is 0.116. The lowest BCUT2D eigenvalue weighted by atomic mass is 10.0. The molecule has 2 aliphatic rings. The lowest BCUT2D eigenvalue weighted by Crippen LogP contribution is -2.36. The Morgan fingerprint density at radius 3 is 2.72 bits per heavy atom. The van der Waals surface area contributed by atoms with Crippen molar-refractivity contribution in [2.75, 3.05) is 7.05 Å². The average Bonchev–Trinajstić information content (AvgIpc) is 2.67. The molecule has 1 aliphatic carbocycles. The zero-order chi connectivity index (χ0) is 12.7. The molecule has 3 rings (SSSR count). The molecule has 3 nitrogen and oxygen atoms in total. The van der Waals surface area contributed by atoms with Crippen LogP contribution in [0.3, 0.4) is 0 Å². The topological polar surface area (TPSA) is 41.6 Å². The summed E-state index contributed by atoms with van der Waals surface area (Å²) < 4.78 is 0. The summed E-state index contributed by atoms with van der Waals surface area (Å²) in [7, 11) is 2.05. The fourth-order valence-corrected chi connectivity index (χ4v) is 2.52. The summed E-state index contributed by atoms with van der Waals surface area (Å²) in [5, 5.41) is 0.737. The first-order valence-electron chi connectivity index (χ1n) is 5.87. The molecule has 0 saturated heterocycles. The largest absolute Gasteiger partial charge is 0.399 e. The van der Waals surface area contributed by atoms with Crippen LogP contribution in [0.25, 0.3) is 0 Å². The Balaban J connectivity index is 1.96. The van der Waals surface area contributed by atoms with Crippen LogP contribution in [0.15, 0.2) is 53.2 Å². The molecular weight excluding hydrogens is 246 g/mol. The van der Waals surface area contributed by atoms with Crippen LogP contribution in [0.4, 0.5) is 0 Å². The first-order chi connectivity index (χ1) is 8.65. The highest BCUT2D eigenvalue weighted by Crippen LogP contribution is 2.26. The Kier molecular flexibility index (Phi) is 2.63. The predicted molar refractivity (Wildman–Crippen MR) is 74.7 cm³/mol. The van der Waals surface area contributed by atoms with Crippen molar-refractivity contribution in [3.63, 3.8) is 0 Å². The van der Waals surface area contributed by atoms with Crippen molar-refractivity contribution in [2.45, 2.75) is 12.1 Å². The number of hydrogen-bond acceptors (Lipinski definition) is 3. The summed E-state index contributed by atoms with van der Waals surface area (Å²) in [5.41, 5.74) is 7.67. The zero-order valence-corrected chi connectivity index (χ0v) is 10.8. The van der Waals surface area contributed by atoms with Gasteiger partial charge in [-0.3, -0.25) is 4.99 Å². The first kappa shape index (κ1) is 11.4. The first-order valence-corrected chi connectivity index (χ1v) is 6.25. The van der Waals surface area contributed by atoms with Gasteiger partial charge in [0.1, 0.15) is 5.84 Å². The molecule has 2 N–H and O–H groups in total. The third-order valence-corrected chi connectivity index (χ3v) is 3.61. The fourth-order valence-electron chi connectivity index (χ4n) is 2.40. The van der Waals surface area contributed by atoms with Crippen molar-refractivity contribution >= 4 is 17.4 Å². The van der Waals surface area contributed by atoms with Gasteiger partial charge < -0.3 is 10.6 Å². The van der Waals surface area contributed by atoms with E-state index in [2.05, 4.69) is 18.0 Å². The highest BCUT2D eigenvalue weighted by atomic mass is 35.5. The van der Waals surface area contributed by atoms with Gasteiger partial charge in [-0.2, -0.15) is 0 Å². The molecule has 2 unspecified atom stereocenters. The number of allylic oxidation sites excluding steroid dienone is 1. The smallest absolute Gasteiger partial charge is 0.131 e. The molecule has 0 radical (unpaired) electrons. The number of benzene rings is 1. The summed E-state index contributed by atoms with van der Waals surface area (Å²) >= 11 is 5.91. The maximum Gasteiger partial charge on any atom is 0.131 e. The third kappa shape index (κ3) is 1.81. The number of rotatable bonds is 1. The standard InChI is InChI=1S/C14H14ClN3/c1-18-13-7-6-11(16)8-12(13)17-14(18)9-2-4-10(15)5-3-9/h2-8,12-13H,16H2,1H3. The lowest BCUT2D eigenvalue weighted by Gasteiger charge is -2.25. The van der Waals surface area contributed by atoms with Crippen molar-refractivity contribution in [1.82, 2.24) is 4.90 Å². The predicted octanol–water partition coefficient (Wildman–Crippen LogP) is 2.18. The number of nitrogens with two attached hydrogens (primary N) is 1. The molecule has 0 bridgehead atoms. The van der Waals surface area contributed by atoms with Crippen molar-refractivity contribution in [1.29, 1.82) is 0 Å². The molecule has 1 aromatic carbocycles. The molecular formula is C14H14ClN3. The molecule has 18 heavy (non-hydrogen) atoms. The molecule has 0 fully saturated rings. The number of likely N-dealkylation sites (N-methyl/N-ethyl adjacent to an activating group) is 1. The molecule has 0 spiro atoms. The Morgan fingerprint density at radius 1 is 1.28 bits per heavy atom. The van der Waals surface area contributed by atoms with E-state index in [1.807, 2.05) is 36.4 Å². The number of hydrogen-bond donors (Lipinski definition) is 1. The number of nitrogens with zero attached hydrogens (tertiary/aromatic N) is 2. The van der Waals surface area contributed by atoms with Gasteiger partial charge in [0.05, 0.1) is 12.1 Å². The van der Waals surface area contributed by atoms with Gasteiger partial charge in [0.2, 0.25) is 0 Å². The maximum absolute atomic E-state index is 5.91. The monoisotopic (exact) mass is 259 g/mol. The fraction of sp³-hybridized carbons (Fsp3) is 0.214. The number of aliphatic imine (C=N–C) groups is 1. The van der Waals surface area contributed by atoms with Crippen LogP contribution < -0.4 is 5.73 Å². The van der Waals surface area contributed by atoms with Gasteiger partial charge in [-0.05, 0) is 36.4 Å². The van der Waals surface area contributed by atoms with Gasteiger partial charge in [-0.25, -0.2) is 0 Å². The SMILES string of the molecule is CN1C(c2ccc(Cl)cc2)=NC2C=C(N)C=CC21. The molecule has 0 saturated carbocycles. The Labute approximate surface area is 111 Å². The highest BCUT2D eigenvalue weighted by Gasteiger charge is 2.32. The Morgan fingerprint density at radius 2 is 2.00 bits per heavy atom. The normalized spacial score (nSPS) is 25.8. The quantitative estimate of drug-likeness (QED) is 0.840. The van der Waals surface area contributed by atoms with Crippen LogP contribution in [0, 0.1) is 0 Å². The lowest BCUT2D eigenvalue weighted by molar-refractivity contribution is 0.436. The van der Waals surface area contributed by atoms with Gasteiger partial charge in [0.25, 0.3) is 0 Å². The van der Waals surface area contributed by atoms with E-state index in [0.717, 1.165) is 22.1 Å². The maximum atomic E-state index is 5.91. The summed E-state index contributed by atoms with van der Waals surface area (Å²) in [6, 6.07) is 8.14. The van der Waals surface area contributed by atoms with Crippen LogP contribution in [0.1, 0.15) is 5.56 Å². The molecule has 4 heteroatoms. The van der Waals surface area contributed by atoms with Gasteiger partial charge in [-0.15, -0.1) is 0 Å². The number of amidine groups is 1. The van der Waals surface area contributed by atoms with Gasteiger partial charge in [-0.1, -0.05) is 17.7 Å². The van der Waals surface area contributed by atoms with E-state index < -0.39 is 0 Å². The van der Waals surface area contributed by atoms with Gasteiger partial charge in [0.15, 0.2) is 0 Å². The Bertz CT molecular complexity index is 557. The summed E-state index contributed by atoms with van der Waals surface area (Å²) in [4.78, 5) is 6.91. The number of fused-ring (bicyclic) bond motifs is 1. The van der Waals surface area contributed by atoms with E-state index in [4.69, 9.17) is 22.3 Å². The van der Waals surface area contributed by atoms with E-state index >= 15 is 0 Å². The van der Waals surface area contributed by atoms with Gasteiger partial charge >= 0.3 is 0 Å². The van der Waals surface area contributed by atoms with E-state index in [1.165, 1.54) is 0 Å². The summed E-state index contributed by atoms with van der Waals surface area (Å²) in [5.74, 6) is 0.984. The molecule has 0 amide bonds. The van der Waals surface area contributed by atoms with E-state index in [9.17, 15) is 0 Å². The van der Waals surface area contributed by atoms with Crippen molar-refractivity contribution in [2.24, 2.45) is 10.7 Å². The van der Waals surface area contributed by atoms with Crippen LogP contribution in [0.2, 0.25) is 5.02 Å². The summed E-state index contributed by atoms with van der Waals surface area (Å²) in [6.07, 6.45) is 6.05. The molecule has 0 aromatic heterocycles. The van der Waals surface area contributed by atoms with Crippen LogP contribution in [-0.2, 0) is 0 Å². The van der Waals surface area contributed by atoms with Crippen LogP contribution in [0.5, 0.6) is 0 Å². The van der Waals surface area contributed by atoms with Crippen LogP contribution in [-0.4, -0.2) is 29.9 Å². The van der Waals surface area contributed by atoms with Gasteiger partial charge in [0, 0.05) is 23.3 Å². The van der Waals surface area contributed by atoms with E-state index in [1.54, 1.807) is 0 Å². The van der Waals surface area contributed by atoms with E-state index in [-0.39, 0.29) is 12.1 Å². The van der Waals surface area contributed by atoms with Crippen molar-refractivity contribution in [3.05, 3.63) is 58.8 Å². The average molecular weight is 260 g/mol. The second-order valence-electron chi connectivity index (χ2n) is 4.58. The number of halogens is 1. The highest BCUT2D eigenvalue weighted by molar-refractivity contribution is 6.30. The van der Waals surface area contributed by atoms with E-state index in [0.29, 0.717) is 0 Å². The molecule has 92 valence electrons. The molecule has 1 heterocycles. The Hall–Kier alpha value is -1.74. The molecule has 1 aliphatic heterocycles.